The van der Waals surface area contributed by atoms with E-state index in [0.717, 1.165) is 32.4 Å². The van der Waals surface area contributed by atoms with Crippen molar-refractivity contribution < 1.29 is 13.2 Å². The highest BCUT2D eigenvalue weighted by molar-refractivity contribution is 7.90. The van der Waals surface area contributed by atoms with Gasteiger partial charge in [0.1, 0.15) is 0 Å². The molecule has 0 aromatic rings. The van der Waals surface area contributed by atoms with Gasteiger partial charge in [-0.15, -0.1) is 16.8 Å². The molecule has 0 aromatic carbocycles. The van der Waals surface area contributed by atoms with Crippen molar-refractivity contribution in [2.75, 3.05) is 25.4 Å². The largest absolute Gasteiger partial charge is 0.331 e. The summed E-state index contributed by atoms with van der Waals surface area (Å²) in [7, 11) is -3.48. The molecule has 2 bridgehead atoms. The Morgan fingerprint density at radius 1 is 1.25 bits per heavy atom. The lowest BCUT2D eigenvalue weighted by atomic mass is 10.1. The van der Waals surface area contributed by atoms with Gasteiger partial charge >= 0.3 is 0 Å². The van der Waals surface area contributed by atoms with E-state index in [0.29, 0.717) is 12.1 Å². The van der Waals surface area contributed by atoms with Crippen LogP contribution < -0.4 is 5.32 Å². The Kier molecular flexibility index (Phi) is 4.72. The normalized spacial score (nSPS) is 30.7. The predicted octanol–water partition coefficient (Wildman–Crippen LogP) is 0.259. The number of fused-ring (bicyclic) bond motifs is 3. The summed E-state index contributed by atoms with van der Waals surface area (Å²) < 4.78 is 27.6. The first-order valence-electron chi connectivity index (χ1n) is 8.07. The van der Waals surface area contributed by atoms with Gasteiger partial charge < -0.3 is 15.1 Å². The number of hydrogen-bond acceptors (Lipinski definition) is 5. The first kappa shape index (κ1) is 17.4. The Hall–Kier alpha value is -1.38. The third-order valence-corrected chi connectivity index (χ3v) is 6.13. The number of amidine groups is 1. The lowest BCUT2D eigenvalue weighted by Crippen LogP contribution is -2.47. The molecule has 4 rings (SSSR count). The summed E-state index contributed by atoms with van der Waals surface area (Å²) in [4.78, 5) is 16.8. The summed E-state index contributed by atoms with van der Waals surface area (Å²) in [6, 6.07) is 0.430. The van der Waals surface area contributed by atoms with Crippen LogP contribution in [-0.4, -0.2) is 67.4 Å². The second-order valence-corrected chi connectivity index (χ2v) is 8.16. The van der Waals surface area contributed by atoms with Crippen molar-refractivity contribution in [1.82, 2.24) is 15.1 Å². The molecule has 0 aliphatic carbocycles. The van der Waals surface area contributed by atoms with Crippen LogP contribution >= 0.6 is 12.4 Å². The number of rotatable bonds is 1. The number of halogens is 1. The topological polar surface area (TPSA) is 82.1 Å². The fourth-order valence-corrected chi connectivity index (χ4v) is 4.82. The Labute approximate surface area is 147 Å². The average Bonchev–Trinajstić information content (AvgIpc) is 2.78. The number of sulfonamides is 1. The molecule has 2 unspecified atom stereocenters. The molecule has 4 aliphatic rings. The van der Waals surface area contributed by atoms with Crippen molar-refractivity contribution in [2.24, 2.45) is 4.40 Å². The van der Waals surface area contributed by atoms with Gasteiger partial charge in [-0.1, -0.05) is 0 Å². The van der Waals surface area contributed by atoms with E-state index in [-0.39, 0.29) is 42.0 Å². The second kappa shape index (κ2) is 6.50. The van der Waals surface area contributed by atoms with E-state index < -0.39 is 10.0 Å². The van der Waals surface area contributed by atoms with Crippen molar-refractivity contribution >= 4 is 34.2 Å². The fraction of sp³-hybridized carbons (Fsp3) is 0.600. The van der Waals surface area contributed by atoms with Gasteiger partial charge in [0, 0.05) is 31.4 Å². The predicted molar refractivity (Wildman–Crippen MR) is 93.5 cm³/mol. The van der Waals surface area contributed by atoms with Gasteiger partial charge in [-0.25, -0.2) is 8.42 Å². The summed E-state index contributed by atoms with van der Waals surface area (Å²) in [6.07, 6.45) is 8.23. The minimum absolute atomic E-state index is 0. The van der Waals surface area contributed by atoms with Crippen LogP contribution in [0.2, 0.25) is 0 Å². The molecule has 4 aliphatic heterocycles. The van der Waals surface area contributed by atoms with Crippen LogP contribution in [0.25, 0.3) is 0 Å². The molecule has 2 fully saturated rings. The first-order valence-corrected chi connectivity index (χ1v) is 9.67. The Morgan fingerprint density at radius 2 is 2.04 bits per heavy atom. The zero-order valence-electron chi connectivity index (χ0n) is 13.2. The van der Waals surface area contributed by atoms with Gasteiger partial charge in [-0.2, -0.15) is 0 Å². The van der Waals surface area contributed by atoms with Crippen LogP contribution in [0.15, 0.2) is 28.3 Å². The van der Waals surface area contributed by atoms with E-state index >= 15 is 0 Å². The number of hydrogen-bond donors (Lipinski definition) is 1. The van der Waals surface area contributed by atoms with Crippen molar-refractivity contribution in [3.63, 3.8) is 0 Å². The quantitative estimate of drug-likeness (QED) is 0.714. The Morgan fingerprint density at radius 3 is 2.88 bits per heavy atom. The van der Waals surface area contributed by atoms with E-state index in [4.69, 9.17) is 0 Å². The van der Waals surface area contributed by atoms with Gasteiger partial charge in [0.05, 0.1) is 11.3 Å². The lowest BCUT2D eigenvalue weighted by molar-refractivity contribution is -0.129. The van der Waals surface area contributed by atoms with Crippen LogP contribution in [0.4, 0.5) is 0 Å². The van der Waals surface area contributed by atoms with Crippen LogP contribution in [0.1, 0.15) is 19.3 Å². The van der Waals surface area contributed by atoms with E-state index in [9.17, 15) is 13.2 Å². The molecular formula is C15H21ClN4O3S. The molecule has 4 heterocycles. The number of carbonyl (C=O) groups excluding carboxylic acids is 1. The molecule has 24 heavy (non-hydrogen) atoms. The fourth-order valence-electron chi connectivity index (χ4n) is 3.84. The molecule has 9 heteroatoms. The van der Waals surface area contributed by atoms with Gasteiger partial charge in [0.25, 0.3) is 15.9 Å². The Bertz CT molecular complexity index is 717. The summed E-state index contributed by atoms with van der Waals surface area (Å²) in [6.45, 7) is 2.07. The molecule has 0 spiro atoms. The van der Waals surface area contributed by atoms with Crippen molar-refractivity contribution in [1.29, 1.82) is 0 Å². The molecule has 0 aromatic heterocycles. The molecule has 1 amide bonds. The zero-order chi connectivity index (χ0) is 16.0. The first-order chi connectivity index (χ1) is 11.1. The number of nitrogens with one attached hydrogen (secondary N) is 1. The highest BCUT2D eigenvalue weighted by Crippen LogP contribution is 2.31. The van der Waals surface area contributed by atoms with Crippen molar-refractivity contribution in [3.05, 3.63) is 23.9 Å². The molecule has 2 saturated heterocycles. The van der Waals surface area contributed by atoms with Gasteiger partial charge in [-0.3, -0.25) is 4.79 Å². The van der Waals surface area contributed by atoms with Crippen LogP contribution in [0.3, 0.4) is 0 Å². The summed E-state index contributed by atoms with van der Waals surface area (Å²) in [5, 5.41) is 3.37. The third-order valence-electron chi connectivity index (χ3n) is 4.98. The van der Waals surface area contributed by atoms with Gasteiger partial charge in [-0.05, 0) is 38.0 Å². The smallest absolute Gasteiger partial charge is 0.258 e. The highest BCUT2D eigenvalue weighted by atomic mass is 35.5. The molecule has 1 N–H and O–H groups in total. The van der Waals surface area contributed by atoms with Crippen LogP contribution in [0, 0.1) is 0 Å². The molecule has 7 nitrogen and oxygen atoms in total. The van der Waals surface area contributed by atoms with E-state index in [2.05, 4.69) is 9.71 Å². The number of amides is 1. The zero-order valence-corrected chi connectivity index (χ0v) is 14.9. The highest BCUT2D eigenvalue weighted by Gasteiger charge is 2.41. The number of allylic oxidation sites excluding steroid dienone is 2. The maximum atomic E-state index is 13.1. The monoisotopic (exact) mass is 372 g/mol. The standard InChI is InChI=1S/C15H20N4O3S.ClH/c20-15(19-11-3-4-12(19)10-16-6-5-11)13-2-1-7-18-8-9-23(21,22)17-14(13)18;/h1-2,7,11-12,16H,3-6,8-10H2;1H. The van der Waals surface area contributed by atoms with Gasteiger partial charge in [0.15, 0.2) is 5.84 Å². The Balaban J connectivity index is 0.00000169. The van der Waals surface area contributed by atoms with E-state index in [1.54, 1.807) is 23.3 Å². The van der Waals surface area contributed by atoms with Crippen LogP contribution in [0.5, 0.6) is 0 Å². The van der Waals surface area contributed by atoms with E-state index in [1.807, 2.05) is 4.90 Å². The third kappa shape index (κ3) is 2.98. The minimum atomic E-state index is -3.48. The SMILES string of the molecule is Cl.O=C(C1=CC=CN2CCS(=O)(=O)N=C12)N1C2CCNCC1CC2. The van der Waals surface area contributed by atoms with Crippen molar-refractivity contribution in [2.45, 2.75) is 31.3 Å². The van der Waals surface area contributed by atoms with E-state index in [1.165, 1.54) is 0 Å². The van der Waals surface area contributed by atoms with Gasteiger partial charge in [0.2, 0.25) is 0 Å². The summed E-state index contributed by atoms with van der Waals surface area (Å²) in [5.74, 6) is 0.174. The van der Waals surface area contributed by atoms with Crippen molar-refractivity contribution in [3.8, 4) is 0 Å². The molecule has 132 valence electrons. The second-order valence-electron chi connectivity index (χ2n) is 6.41. The molecule has 2 atom stereocenters. The average molecular weight is 373 g/mol. The molecule has 0 saturated carbocycles. The number of nitrogens with zero attached hydrogens (tertiary/aromatic N) is 3. The molecular weight excluding hydrogens is 352 g/mol. The minimum Gasteiger partial charge on any atom is -0.331 e. The summed E-state index contributed by atoms with van der Waals surface area (Å²) >= 11 is 0. The molecule has 0 radical (unpaired) electrons. The number of carbonyl (C=O) groups is 1. The maximum Gasteiger partial charge on any atom is 0.258 e. The maximum absolute atomic E-state index is 13.1. The van der Waals surface area contributed by atoms with Crippen LogP contribution in [-0.2, 0) is 14.8 Å². The summed E-state index contributed by atoms with van der Waals surface area (Å²) in [5.41, 5.74) is 0.398. The lowest BCUT2D eigenvalue weighted by Gasteiger charge is -2.33.